The van der Waals surface area contributed by atoms with Gasteiger partial charge in [0.2, 0.25) is 0 Å². The van der Waals surface area contributed by atoms with Gasteiger partial charge in [0, 0.05) is 19.8 Å². The van der Waals surface area contributed by atoms with Crippen LogP contribution in [0.1, 0.15) is 117 Å². The Morgan fingerprint density at radius 1 is 0.630 bits per heavy atom. The first kappa shape index (κ1) is 26.6. The Balaban J connectivity index is 3.44. The zero-order chi connectivity index (χ0) is 19.8. The van der Waals surface area contributed by atoms with Crippen LogP contribution in [-0.4, -0.2) is 31.2 Å². The highest BCUT2D eigenvalue weighted by molar-refractivity contribution is 4.80. The summed E-state index contributed by atoms with van der Waals surface area (Å²) in [6.45, 7) is 6.35. The van der Waals surface area contributed by atoms with E-state index in [4.69, 9.17) is 14.6 Å². The fraction of sp³-hybridized carbons (Fsp3) is 0.917. The lowest BCUT2D eigenvalue weighted by molar-refractivity contribution is -0.147. The predicted molar refractivity (Wildman–Crippen MR) is 117 cm³/mol. The Morgan fingerprint density at radius 3 is 1.63 bits per heavy atom. The van der Waals surface area contributed by atoms with Gasteiger partial charge in [-0.15, -0.1) is 0 Å². The van der Waals surface area contributed by atoms with E-state index in [1.807, 2.05) is 0 Å². The summed E-state index contributed by atoms with van der Waals surface area (Å²) in [4.78, 5) is 0. The quantitative estimate of drug-likeness (QED) is 0.122. The topological polar surface area (TPSA) is 38.7 Å². The third-order valence-corrected chi connectivity index (χ3v) is 4.88. The Labute approximate surface area is 169 Å². The van der Waals surface area contributed by atoms with E-state index in [2.05, 4.69) is 26.0 Å². The van der Waals surface area contributed by atoms with Crippen molar-refractivity contribution in [3.8, 4) is 0 Å². The first-order chi connectivity index (χ1) is 13.3. The van der Waals surface area contributed by atoms with Crippen LogP contribution in [0.2, 0.25) is 0 Å². The van der Waals surface area contributed by atoms with E-state index in [-0.39, 0.29) is 12.9 Å². The van der Waals surface area contributed by atoms with E-state index in [0.29, 0.717) is 0 Å². The second kappa shape index (κ2) is 23.7. The molecule has 0 amide bonds. The van der Waals surface area contributed by atoms with Gasteiger partial charge >= 0.3 is 0 Å². The van der Waals surface area contributed by atoms with Crippen LogP contribution < -0.4 is 0 Å². The lowest BCUT2D eigenvalue weighted by atomic mass is 10.1. The number of aliphatic hydroxyl groups excluding tert-OH is 1. The Morgan fingerprint density at radius 2 is 1.11 bits per heavy atom. The average molecular weight is 385 g/mol. The fourth-order valence-electron chi connectivity index (χ4n) is 3.05. The highest BCUT2D eigenvalue weighted by Gasteiger charge is 2.08. The van der Waals surface area contributed by atoms with Crippen LogP contribution in [0.4, 0.5) is 0 Å². The monoisotopic (exact) mass is 384 g/mol. The van der Waals surface area contributed by atoms with Crippen molar-refractivity contribution in [2.24, 2.45) is 0 Å². The maximum absolute atomic E-state index is 8.69. The summed E-state index contributed by atoms with van der Waals surface area (Å²) in [5, 5.41) is 8.69. The third-order valence-electron chi connectivity index (χ3n) is 4.88. The molecule has 0 aliphatic rings. The lowest BCUT2D eigenvalue weighted by Crippen LogP contribution is -2.18. The van der Waals surface area contributed by atoms with Gasteiger partial charge in [-0.1, -0.05) is 83.8 Å². The van der Waals surface area contributed by atoms with Crippen LogP contribution in [0.5, 0.6) is 0 Å². The van der Waals surface area contributed by atoms with Crippen molar-refractivity contribution in [2.45, 2.75) is 123 Å². The standard InChI is InChI=1S/C24H48O3/c1-3-5-22-26-24(27-23-6-4-2)20-18-16-14-12-10-8-7-9-11-13-15-17-19-21-25/h15,17,24-25H,3-14,16,18-23H2,1-2H3/b17-15+. The molecule has 162 valence electrons. The van der Waals surface area contributed by atoms with Crippen LogP contribution >= 0.6 is 0 Å². The van der Waals surface area contributed by atoms with E-state index in [9.17, 15) is 0 Å². The molecule has 3 nitrogen and oxygen atoms in total. The van der Waals surface area contributed by atoms with Crippen molar-refractivity contribution in [1.82, 2.24) is 0 Å². The molecule has 0 radical (unpaired) electrons. The summed E-state index contributed by atoms with van der Waals surface area (Å²) in [5.74, 6) is 0. The van der Waals surface area contributed by atoms with Gasteiger partial charge in [0.15, 0.2) is 6.29 Å². The molecule has 1 N–H and O–H groups in total. The van der Waals surface area contributed by atoms with Crippen molar-refractivity contribution in [3.05, 3.63) is 12.2 Å². The normalized spacial score (nSPS) is 11.9. The van der Waals surface area contributed by atoms with Crippen molar-refractivity contribution >= 4 is 0 Å². The molecule has 0 saturated carbocycles. The van der Waals surface area contributed by atoms with Crippen LogP contribution in [0, 0.1) is 0 Å². The lowest BCUT2D eigenvalue weighted by Gasteiger charge is -2.18. The summed E-state index contributed by atoms with van der Waals surface area (Å²) in [5.41, 5.74) is 0. The molecule has 27 heavy (non-hydrogen) atoms. The van der Waals surface area contributed by atoms with Gasteiger partial charge in [0.05, 0.1) is 0 Å². The highest BCUT2D eigenvalue weighted by Crippen LogP contribution is 2.14. The smallest absolute Gasteiger partial charge is 0.157 e. The minimum atomic E-state index is 0.0227. The average Bonchev–Trinajstić information content (AvgIpc) is 2.68. The van der Waals surface area contributed by atoms with Gasteiger partial charge in [0.25, 0.3) is 0 Å². The molecule has 0 atom stereocenters. The largest absolute Gasteiger partial charge is 0.396 e. The first-order valence-electron chi connectivity index (χ1n) is 11.8. The van der Waals surface area contributed by atoms with Gasteiger partial charge in [-0.25, -0.2) is 0 Å². The molecule has 0 spiro atoms. The molecule has 0 bridgehead atoms. The molecule has 0 saturated heterocycles. The molecular formula is C24H48O3. The summed E-state index contributed by atoms with van der Waals surface area (Å²) < 4.78 is 11.8. The summed E-state index contributed by atoms with van der Waals surface area (Å²) in [7, 11) is 0. The number of hydrogen-bond donors (Lipinski definition) is 1. The minimum absolute atomic E-state index is 0.0227. The van der Waals surface area contributed by atoms with Crippen molar-refractivity contribution in [2.75, 3.05) is 19.8 Å². The molecule has 0 aliphatic heterocycles. The van der Waals surface area contributed by atoms with E-state index >= 15 is 0 Å². The molecule has 0 aromatic carbocycles. The van der Waals surface area contributed by atoms with E-state index < -0.39 is 0 Å². The SMILES string of the molecule is CCCCOC(CCCCCCCCCCC/C=C/CCO)OCCCC. The van der Waals surface area contributed by atoms with Crippen LogP contribution in [-0.2, 0) is 9.47 Å². The molecule has 0 fully saturated rings. The van der Waals surface area contributed by atoms with Gasteiger partial charge < -0.3 is 14.6 Å². The molecule has 0 aromatic rings. The van der Waals surface area contributed by atoms with E-state index in [1.165, 1.54) is 77.0 Å². The Kier molecular flexibility index (Phi) is 23.3. The van der Waals surface area contributed by atoms with Crippen LogP contribution in [0.25, 0.3) is 0 Å². The number of hydrogen-bond acceptors (Lipinski definition) is 3. The predicted octanol–water partition coefficient (Wildman–Crippen LogP) is 7.18. The van der Waals surface area contributed by atoms with Crippen molar-refractivity contribution in [3.63, 3.8) is 0 Å². The second-order valence-electron chi connectivity index (χ2n) is 7.62. The number of allylic oxidation sites excluding steroid dienone is 1. The molecule has 0 rings (SSSR count). The van der Waals surface area contributed by atoms with E-state index in [0.717, 1.165) is 38.9 Å². The summed E-state index contributed by atoms with van der Waals surface area (Å²) in [6, 6.07) is 0. The molecule has 3 heteroatoms. The van der Waals surface area contributed by atoms with Crippen LogP contribution in [0.15, 0.2) is 12.2 Å². The number of rotatable bonds is 22. The first-order valence-corrected chi connectivity index (χ1v) is 11.8. The van der Waals surface area contributed by atoms with Crippen molar-refractivity contribution < 1.29 is 14.6 Å². The minimum Gasteiger partial charge on any atom is -0.396 e. The van der Waals surface area contributed by atoms with Crippen molar-refractivity contribution in [1.29, 1.82) is 0 Å². The Hall–Kier alpha value is -0.380. The van der Waals surface area contributed by atoms with Gasteiger partial charge in [-0.3, -0.25) is 0 Å². The van der Waals surface area contributed by atoms with Crippen LogP contribution in [0.3, 0.4) is 0 Å². The summed E-state index contributed by atoms with van der Waals surface area (Å²) in [6.07, 6.45) is 24.0. The number of unbranched alkanes of at least 4 members (excludes halogenated alkanes) is 11. The van der Waals surface area contributed by atoms with Gasteiger partial charge in [0.1, 0.15) is 0 Å². The summed E-state index contributed by atoms with van der Waals surface area (Å²) >= 11 is 0. The number of ether oxygens (including phenoxy) is 2. The molecule has 0 aromatic heterocycles. The number of aliphatic hydroxyl groups is 1. The Bertz CT molecular complexity index is 281. The second-order valence-corrected chi connectivity index (χ2v) is 7.62. The molecule has 0 unspecified atom stereocenters. The van der Waals surface area contributed by atoms with E-state index in [1.54, 1.807) is 0 Å². The molecule has 0 heterocycles. The van der Waals surface area contributed by atoms with Gasteiger partial charge in [-0.05, 0) is 44.9 Å². The maximum Gasteiger partial charge on any atom is 0.157 e. The zero-order valence-corrected chi connectivity index (χ0v) is 18.4. The third kappa shape index (κ3) is 21.8. The fourth-order valence-corrected chi connectivity index (χ4v) is 3.05. The maximum atomic E-state index is 8.69. The zero-order valence-electron chi connectivity index (χ0n) is 18.4. The highest BCUT2D eigenvalue weighted by atomic mass is 16.7. The molecule has 0 aliphatic carbocycles. The molecular weight excluding hydrogens is 336 g/mol. The van der Waals surface area contributed by atoms with Gasteiger partial charge in [-0.2, -0.15) is 0 Å².